The van der Waals surface area contributed by atoms with E-state index in [1.807, 2.05) is 60.7 Å². The van der Waals surface area contributed by atoms with Gasteiger partial charge >= 0.3 is 6.09 Å². The maximum Gasteiger partial charge on any atom is 0.407 e. The minimum absolute atomic E-state index is 0.00308. The molecule has 0 aliphatic rings. The number of Topliss-reactive ketones (excluding diaryl/α,β-unsaturated/α-hetero) is 1. The maximum atomic E-state index is 12.6. The van der Waals surface area contributed by atoms with E-state index in [4.69, 9.17) is 10.5 Å². The van der Waals surface area contributed by atoms with Gasteiger partial charge in [0.1, 0.15) is 5.60 Å². The van der Waals surface area contributed by atoms with Crippen LogP contribution < -0.4 is 16.4 Å². The Morgan fingerprint density at radius 1 is 0.923 bits per heavy atom. The van der Waals surface area contributed by atoms with Gasteiger partial charge in [-0.05, 0) is 56.5 Å². The summed E-state index contributed by atoms with van der Waals surface area (Å²) in [6, 6.07) is 22.7. The Kier molecular flexibility index (Phi) is 8.24. The van der Waals surface area contributed by atoms with E-state index >= 15 is 0 Å². The second-order valence-electron chi connectivity index (χ2n) is 10.2. The number of alkyl carbamates (subject to hydrolysis) is 1. The average Bonchev–Trinajstić information content (AvgIpc) is 2.90. The lowest BCUT2D eigenvalue weighted by molar-refractivity contribution is 0.0525. The van der Waals surface area contributed by atoms with Gasteiger partial charge in [-0.15, -0.1) is 0 Å². The van der Waals surface area contributed by atoms with E-state index in [9.17, 15) is 14.4 Å². The number of pyridine rings is 1. The molecule has 4 rings (SSSR count). The highest BCUT2D eigenvalue weighted by molar-refractivity contribution is 6.08. The van der Waals surface area contributed by atoms with Gasteiger partial charge in [0.25, 0.3) is 5.91 Å². The molecule has 8 nitrogen and oxygen atoms in total. The second kappa shape index (κ2) is 11.8. The lowest BCUT2D eigenvalue weighted by atomic mass is 9.99. The number of aromatic nitrogens is 1. The van der Waals surface area contributed by atoms with Crippen molar-refractivity contribution in [3.8, 4) is 11.1 Å². The number of para-hydroxylation sites is 1. The lowest BCUT2D eigenvalue weighted by Crippen LogP contribution is -2.33. The van der Waals surface area contributed by atoms with Crippen LogP contribution in [0, 0.1) is 0 Å². The molecule has 8 heteroatoms. The van der Waals surface area contributed by atoms with Crippen molar-refractivity contribution >= 4 is 40.1 Å². The van der Waals surface area contributed by atoms with Gasteiger partial charge in [0.05, 0.1) is 16.8 Å². The van der Waals surface area contributed by atoms with Crippen LogP contribution in [0.2, 0.25) is 0 Å². The molecule has 0 aliphatic heterocycles. The number of rotatable bonds is 9. The molecule has 3 aromatic carbocycles. The third-order valence-corrected chi connectivity index (χ3v) is 5.97. The molecule has 0 saturated carbocycles. The highest BCUT2D eigenvalue weighted by atomic mass is 16.6. The fraction of sp³-hybridized carbons (Fsp3) is 0.226. The quantitative estimate of drug-likeness (QED) is 0.176. The number of benzene rings is 3. The average molecular weight is 525 g/mol. The Hall–Kier alpha value is -4.72. The SMILES string of the molecule is CC(C)(C)OC(=O)NCCCC(=O)c1ccc(-c2ccc3c(Nc4ccccc4)c(C(N)=O)cnc3c2)cc1. The fourth-order valence-electron chi connectivity index (χ4n) is 4.11. The Morgan fingerprint density at radius 2 is 1.62 bits per heavy atom. The number of nitrogens with one attached hydrogen (secondary N) is 2. The molecule has 200 valence electrons. The van der Waals surface area contributed by atoms with Crippen molar-refractivity contribution in [2.24, 2.45) is 5.73 Å². The summed E-state index contributed by atoms with van der Waals surface area (Å²) in [7, 11) is 0. The highest BCUT2D eigenvalue weighted by Crippen LogP contribution is 2.32. The van der Waals surface area contributed by atoms with Gasteiger partial charge in [0, 0.05) is 35.8 Å². The first-order valence-electron chi connectivity index (χ1n) is 12.8. The van der Waals surface area contributed by atoms with Crippen molar-refractivity contribution in [1.82, 2.24) is 10.3 Å². The molecule has 0 unspecified atom stereocenters. The molecule has 0 saturated heterocycles. The smallest absolute Gasteiger partial charge is 0.407 e. The summed E-state index contributed by atoms with van der Waals surface area (Å²) in [5.41, 5.74) is 9.97. The first-order chi connectivity index (χ1) is 18.6. The maximum absolute atomic E-state index is 12.6. The van der Waals surface area contributed by atoms with E-state index in [1.54, 1.807) is 32.9 Å². The van der Waals surface area contributed by atoms with Gasteiger partial charge in [-0.25, -0.2) is 4.79 Å². The predicted octanol–water partition coefficient (Wildman–Crippen LogP) is 6.23. The summed E-state index contributed by atoms with van der Waals surface area (Å²) in [4.78, 5) is 40.9. The van der Waals surface area contributed by atoms with Crippen LogP contribution in [-0.4, -0.2) is 34.9 Å². The van der Waals surface area contributed by atoms with Gasteiger partial charge in [-0.2, -0.15) is 0 Å². The molecular weight excluding hydrogens is 492 g/mol. The number of nitrogens with zero attached hydrogens (tertiary/aromatic N) is 1. The molecule has 0 spiro atoms. The number of ketones is 1. The van der Waals surface area contributed by atoms with Crippen LogP contribution >= 0.6 is 0 Å². The van der Waals surface area contributed by atoms with Crippen molar-refractivity contribution in [2.45, 2.75) is 39.2 Å². The van der Waals surface area contributed by atoms with Crippen LogP contribution in [0.3, 0.4) is 0 Å². The van der Waals surface area contributed by atoms with Crippen molar-refractivity contribution in [3.05, 3.63) is 90.1 Å². The van der Waals surface area contributed by atoms with E-state index in [0.29, 0.717) is 41.7 Å². The molecule has 1 heterocycles. The van der Waals surface area contributed by atoms with Crippen LogP contribution in [0.15, 0.2) is 79.0 Å². The molecule has 0 atom stereocenters. The zero-order valence-electron chi connectivity index (χ0n) is 22.3. The third-order valence-electron chi connectivity index (χ3n) is 5.97. The number of nitrogens with two attached hydrogens (primary N) is 1. The number of primary amides is 1. The lowest BCUT2D eigenvalue weighted by Gasteiger charge is -2.19. The topological polar surface area (TPSA) is 123 Å². The number of hydrogen-bond donors (Lipinski definition) is 3. The summed E-state index contributed by atoms with van der Waals surface area (Å²) in [6.45, 7) is 5.76. The van der Waals surface area contributed by atoms with Gasteiger partial charge < -0.3 is 21.1 Å². The third kappa shape index (κ3) is 7.19. The Bertz CT molecular complexity index is 1490. The van der Waals surface area contributed by atoms with E-state index in [0.717, 1.165) is 22.2 Å². The van der Waals surface area contributed by atoms with Crippen molar-refractivity contribution < 1.29 is 19.1 Å². The van der Waals surface area contributed by atoms with Crippen molar-refractivity contribution in [3.63, 3.8) is 0 Å². The van der Waals surface area contributed by atoms with E-state index in [2.05, 4.69) is 15.6 Å². The minimum Gasteiger partial charge on any atom is -0.444 e. The summed E-state index contributed by atoms with van der Waals surface area (Å²) < 4.78 is 5.20. The van der Waals surface area contributed by atoms with Gasteiger partial charge in [0.15, 0.2) is 5.78 Å². The van der Waals surface area contributed by atoms with Crippen LogP contribution in [0.1, 0.15) is 54.3 Å². The van der Waals surface area contributed by atoms with Crippen molar-refractivity contribution in [1.29, 1.82) is 0 Å². The highest BCUT2D eigenvalue weighted by Gasteiger charge is 2.16. The van der Waals surface area contributed by atoms with Gasteiger partial charge in [-0.1, -0.05) is 54.6 Å². The standard InChI is InChI=1S/C31H32N4O4/c1-31(2,3)39-30(38)33-17-7-10-27(36)21-13-11-20(12-14-21)22-15-16-24-26(18-22)34-19-25(29(32)37)28(24)35-23-8-5-4-6-9-23/h4-6,8-9,11-16,18-19H,7,10,17H2,1-3H3,(H2,32,37)(H,33,38)(H,34,35). The molecule has 0 radical (unpaired) electrons. The molecule has 1 aromatic heterocycles. The Balaban J connectivity index is 1.46. The zero-order valence-corrected chi connectivity index (χ0v) is 22.3. The molecule has 4 aromatic rings. The second-order valence-corrected chi connectivity index (χ2v) is 10.2. The van der Waals surface area contributed by atoms with E-state index in [1.165, 1.54) is 6.20 Å². The normalized spacial score (nSPS) is 11.2. The first kappa shape index (κ1) is 27.3. The first-order valence-corrected chi connectivity index (χ1v) is 12.8. The molecular formula is C31H32N4O4. The molecule has 39 heavy (non-hydrogen) atoms. The largest absolute Gasteiger partial charge is 0.444 e. The number of amides is 2. The minimum atomic E-state index is -0.562. The molecule has 0 aliphatic carbocycles. The number of carbonyl (C=O) groups excluding carboxylic acids is 3. The molecule has 2 amide bonds. The van der Waals surface area contributed by atoms with E-state index in [-0.39, 0.29) is 5.78 Å². The summed E-state index contributed by atoms with van der Waals surface area (Å²) >= 11 is 0. The van der Waals surface area contributed by atoms with Crippen LogP contribution in [0.25, 0.3) is 22.0 Å². The van der Waals surface area contributed by atoms with E-state index < -0.39 is 17.6 Å². The molecule has 0 fully saturated rings. The van der Waals surface area contributed by atoms with Gasteiger partial charge in [-0.3, -0.25) is 14.6 Å². The van der Waals surface area contributed by atoms with Gasteiger partial charge in [0.2, 0.25) is 0 Å². The fourth-order valence-corrected chi connectivity index (χ4v) is 4.11. The Morgan fingerprint density at radius 3 is 2.28 bits per heavy atom. The molecule has 4 N–H and O–H groups in total. The summed E-state index contributed by atoms with van der Waals surface area (Å²) in [5.74, 6) is -0.559. The summed E-state index contributed by atoms with van der Waals surface area (Å²) in [6.07, 6.45) is 1.83. The number of fused-ring (bicyclic) bond motifs is 1. The number of anilines is 2. The van der Waals surface area contributed by atoms with Crippen LogP contribution in [0.5, 0.6) is 0 Å². The molecule has 0 bridgehead atoms. The summed E-state index contributed by atoms with van der Waals surface area (Å²) in [5, 5.41) is 6.74. The van der Waals surface area contributed by atoms with Crippen LogP contribution in [-0.2, 0) is 4.74 Å². The van der Waals surface area contributed by atoms with Crippen molar-refractivity contribution in [2.75, 3.05) is 11.9 Å². The predicted molar refractivity (Wildman–Crippen MR) is 153 cm³/mol. The number of carbonyl (C=O) groups is 3. The number of ether oxygens (including phenoxy) is 1. The zero-order chi connectivity index (χ0) is 28.0. The monoisotopic (exact) mass is 524 g/mol. The Labute approximate surface area is 227 Å². The van der Waals surface area contributed by atoms with Crippen LogP contribution in [0.4, 0.5) is 16.2 Å². The number of hydrogen-bond acceptors (Lipinski definition) is 6.